The van der Waals surface area contributed by atoms with Gasteiger partial charge in [-0.25, -0.2) is 4.98 Å². The Labute approximate surface area is 102 Å². The lowest BCUT2D eigenvalue weighted by Crippen LogP contribution is -2.13. The van der Waals surface area contributed by atoms with Crippen LogP contribution in [-0.2, 0) is 6.54 Å². The van der Waals surface area contributed by atoms with Gasteiger partial charge in [0.1, 0.15) is 11.6 Å². The molecule has 0 atom stereocenters. The van der Waals surface area contributed by atoms with Gasteiger partial charge in [0.25, 0.3) is 5.56 Å². The summed E-state index contributed by atoms with van der Waals surface area (Å²) in [6.07, 6.45) is 4.06. The van der Waals surface area contributed by atoms with E-state index in [1.165, 1.54) is 6.07 Å². The molecule has 2 aromatic heterocycles. The van der Waals surface area contributed by atoms with Gasteiger partial charge in [-0.05, 0) is 12.8 Å². The van der Waals surface area contributed by atoms with Crippen LogP contribution in [0, 0.1) is 0 Å². The molecule has 17 heavy (non-hydrogen) atoms. The summed E-state index contributed by atoms with van der Waals surface area (Å²) in [5.41, 5.74) is 1.70. The Morgan fingerprint density at radius 2 is 2.41 bits per heavy atom. The van der Waals surface area contributed by atoms with E-state index in [4.69, 9.17) is 0 Å². The SMILES string of the molecule is O=c1cc(NCc2cncs2)nc(C2CC2)[nH]1. The first kappa shape index (κ1) is 10.5. The molecular weight excluding hydrogens is 236 g/mol. The Hall–Kier alpha value is -1.69. The second-order valence-corrected chi connectivity index (χ2v) is 5.08. The third-order valence-corrected chi connectivity index (χ3v) is 3.43. The van der Waals surface area contributed by atoms with E-state index in [2.05, 4.69) is 20.3 Å². The molecule has 1 aliphatic carbocycles. The molecule has 0 aromatic carbocycles. The molecule has 6 heteroatoms. The van der Waals surface area contributed by atoms with Crippen LogP contribution in [0.3, 0.4) is 0 Å². The Morgan fingerprint density at radius 1 is 1.53 bits per heavy atom. The van der Waals surface area contributed by atoms with E-state index in [9.17, 15) is 4.79 Å². The van der Waals surface area contributed by atoms with Crippen LogP contribution in [0.15, 0.2) is 22.6 Å². The maximum Gasteiger partial charge on any atom is 0.252 e. The summed E-state index contributed by atoms with van der Waals surface area (Å²) in [5, 5.41) is 3.15. The van der Waals surface area contributed by atoms with Crippen LogP contribution in [0.2, 0.25) is 0 Å². The highest BCUT2D eigenvalue weighted by atomic mass is 32.1. The van der Waals surface area contributed by atoms with E-state index in [1.807, 2.05) is 6.20 Å². The molecule has 1 fully saturated rings. The molecule has 2 N–H and O–H groups in total. The minimum atomic E-state index is -0.0892. The van der Waals surface area contributed by atoms with Gasteiger partial charge in [-0.3, -0.25) is 9.78 Å². The summed E-state index contributed by atoms with van der Waals surface area (Å²) in [4.78, 5) is 23.8. The highest BCUT2D eigenvalue weighted by molar-refractivity contribution is 7.09. The van der Waals surface area contributed by atoms with E-state index in [0.29, 0.717) is 18.3 Å². The van der Waals surface area contributed by atoms with Crippen LogP contribution >= 0.6 is 11.3 Å². The van der Waals surface area contributed by atoms with Gasteiger partial charge < -0.3 is 10.3 Å². The molecule has 0 unspecified atom stereocenters. The lowest BCUT2D eigenvalue weighted by atomic mass is 10.4. The smallest absolute Gasteiger partial charge is 0.252 e. The fourth-order valence-corrected chi connectivity index (χ4v) is 2.16. The maximum atomic E-state index is 11.5. The monoisotopic (exact) mass is 248 g/mol. The highest BCUT2D eigenvalue weighted by Crippen LogP contribution is 2.37. The van der Waals surface area contributed by atoms with E-state index in [0.717, 1.165) is 23.5 Å². The summed E-state index contributed by atoms with van der Waals surface area (Å²) in [7, 11) is 0. The normalized spacial score (nSPS) is 14.8. The van der Waals surface area contributed by atoms with Crippen molar-refractivity contribution in [1.82, 2.24) is 15.0 Å². The van der Waals surface area contributed by atoms with Gasteiger partial charge in [-0.2, -0.15) is 0 Å². The summed E-state index contributed by atoms with van der Waals surface area (Å²) >= 11 is 1.58. The van der Waals surface area contributed by atoms with E-state index < -0.39 is 0 Å². The number of hydrogen-bond acceptors (Lipinski definition) is 5. The van der Waals surface area contributed by atoms with Gasteiger partial charge in [0.2, 0.25) is 0 Å². The molecule has 0 saturated heterocycles. The van der Waals surface area contributed by atoms with Crippen molar-refractivity contribution in [3.8, 4) is 0 Å². The average Bonchev–Trinajstić information content (AvgIpc) is 3.04. The minimum Gasteiger partial charge on any atom is -0.365 e. The molecule has 2 aromatic rings. The summed E-state index contributed by atoms with van der Waals surface area (Å²) in [6, 6.07) is 1.49. The number of hydrogen-bond donors (Lipinski definition) is 2. The summed E-state index contributed by atoms with van der Waals surface area (Å²) < 4.78 is 0. The highest BCUT2D eigenvalue weighted by Gasteiger charge is 2.26. The molecule has 88 valence electrons. The Balaban J connectivity index is 1.75. The van der Waals surface area contributed by atoms with Gasteiger partial charge in [0, 0.05) is 23.1 Å². The van der Waals surface area contributed by atoms with E-state index in [1.54, 1.807) is 16.8 Å². The van der Waals surface area contributed by atoms with Crippen LogP contribution < -0.4 is 10.9 Å². The number of anilines is 1. The van der Waals surface area contributed by atoms with Gasteiger partial charge in [0.05, 0.1) is 12.1 Å². The molecule has 1 aliphatic rings. The van der Waals surface area contributed by atoms with Gasteiger partial charge in [0.15, 0.2) is 0 Å². The number of nitrogens with one attached hydrogen (secondary N) is 2. The molecular formula is C11H12N4OS. The van der Waals surface area contributed by atoms with Gasteiger partial charge in [-0.15, -0.1) is 11.3 Å². The number of aromatic nitrogens is 3. The topological polar surface area (TPSA) is 70.7 Å². The molecule has 2 heterocycles. The quantitative estimate of drug-likeness (QED) is 0.864. The van der Waals surface area contributed by atoms with Crippen LogP contribution in [0.1, 0.15) is 29.5 Å². The Morgan fingerprint density at radius 3 is 3.12 bits per heavy atom. The molecule has 1 saturated carbocycles. The van der Waals surface area contributed by atoms with Crippen molar-refractivity contribution in [2.24, 2.45) is 0 Å². The predicted molar refractivity (Wildman–Crippen MR) is 66.3 cm³/mol. The maximum absolute atomic E-state index is 11.5. The first-order valence-corrected chi connectivity index (χ1v) is 6.42. The number of thiazole rings is 1. The Kier molecular flexibility index (Phi) is 2.64. The lowest BCUT2D eigenvalue weighted by Gasteiger charge is -2.05. The van der Waals surface area contributed by atoms with Gasteiger partial charge in [-0.1, -0.05) is 0 Å². The van der Waals surface area contributed by atoms with E-state index >= 15 is 0 Å². The molecule has 0 aliphatic heterocycles. The Bertz CT molecular complexity index is 559. The first-order valence-electron chi connectivity index (χ1n) is 5.54. The molecule has 0 radical (unpaired) electrons. The van der Waals surface area contributed by atoms with Crippen molar-refractivity contribution in [1.29, 1.82) is 0 Å². The standard InChI is InChI=1S/C11H12N4OS/c16-10-3-9(13-5-8-4-12-6-17-8)14-11(15-10)7-1-2-7/h3-4,6-7H,1-2,5H2,(H2,13,14,15,16). The molecule has 0 amide bonds. The lowest BCUT2D eigenvalue weighted by molar-refractivity contribution is 0.904. The van der Waals surface area contributed by atoms with Crippen molar-refractivity contribution in [2.75, 3.05) is 5.32 Å². The second kappa shape index (κ2) is 4.29. The molecule has 0 bridgehead atoms. The molecule has 0 spiro atoms. The second-order valence-electron chi connectivity index (χ2n) is 4.11. The largest absolute Gasteiger partial charge is 0.365 e. The minimum absolute atomic E-state index is 0.0892. The third-order valence-electron chi connectivity index (χ3n) is 2.65. The van der Waals surface area contributed by atoms with Crippen LogP contribution in [-0.4, -0.2) is 15.0 Å². The number of aromatic amines is 1. The summed E-state index contributed by atoms with van der Waals surface area (Å²) in [6.45, 7) is 0.658. The van der Waals surface area contributed by atoms with Crippen molar-refractivity contribution >= 4 is 17.2 Å². The first-order chi connectivity index (χ1) is 8.31. The van der Waals surface area contributed by atoms with Crippen molar-refractivity contribution in [2.45, 2.75) is 25.3 Å². The van der Waals surface area contributed by atoms with Crippen molar-refractivity contribution in [3.63, 3.8) is 0 Å². The van der Waals surface area contributed by atoms with Crippen molar-refractivity contribution in [3.05, 3.63) is 38.8 Å². The molecule has 3 rings (SSSR count). The van der Waals surface area contributed by atoms with E-state index in [-0.39, 0.29) is 5.56 Å². The van der Waals surface area contributed by atoms with Crippen LogP contribution in [0.5, 0.6) is 0 Å². The zero-order chi connectivity index (χ0) is 11.7. The number of rotatable bonds is 4. The zero-order valence-electron chi connectivity index (χ0n) is 9.14. The van der Waals surface area contributed by atoms with Crippen molar-refractivity contribution < 1.29 is 0 Å². The zero-order valence-corrected chi connectivity index (χ0v) is 9.96. The van der Waals surface area contributed by atoms with Crippen LogP contribution in [0.25, 0.3) is 0 Å². The fraction of sp³-hybridized carbons (Fsp3) is 0.364. The summed E-state index contributed by atoms with van der Waals surface area (Å²) in [5.74, 6) is 1.90. The average molecular weight is 248 g/mol. The van der Waals surface area contributed by atoms with Crippen LogP contribution in [0.4, 0.5) is 5.82 Å². The third kappa shape index (κ3) is 2.52. The van der Waals surface area contributed by atoms with Gasteiger partial charge >= 0.3 is 0 Å². The number of H-pyrrole nitrogens is 1. The molecule has 5 nitrogen and oxygen atoms in total. The number of nitrogens with zero attached hydrogens (tertiary/aromatic N) is 2. The predicted octanol–water partition coefficient (Wildman–Crippen LogP) is 1.72. The fourth-order valence-electron chi connectivity index (χ4n) is 1.62.